The molecule has 0 aliphatic rings. The first-order valence-corrected chi connectivity index (χ1v) is 5.72. The van der Waals surface area contributed by atoms with Crippen LogP contribution in [0.3, 0.4) is 0 Å². The van der Waals surface area contributed by atoms with Crippen LogP contribution in [0.25, 0.3) is 0 Å². The van der Waals surface area contributed by atoms with E-state index in [1.54, 1.807) is 6.20 Å². The summed E-state index contributed by atoms with van der Waals surface area (Å²) in [5.41, 5.74) is -0.481. The topological polar surface area (TPSA) is 81.2 Å². The number of para-hydroxylation sites is 1. The maximum absolute atomic E-state index is 13.4. The van der Waals surface area contributed by atoms with E-state index in [-0.39, 0.29) is 12.2 Å². The van der Waals surface area contributed by atoms with Crippen molar-refractivity contribution in [2.45, 2.75) is 19.9 Å². The molecule has 0 unspecified atom stereocenters. The zero-order chi connectivity index (χ0) is 13.8. The summed E-state index contributed by atoms with van der Waals surface area (Å²) >= 11 is 0. The second-order valence-corrected chi connectivity index (χ2v) is 3.82. The molecular formula is C12H12FN3O3. The SMILES string of the molecule is CCc1cnc(CNc2cccc(F)c2[N+](=O)[O-])o1. The largest absolute Gasteiger partial charge is 0.444 e. The van der Waals surface area contributed by atoms with E-state index in [9.17, 15) is 14.5 Å². The third-order valence-electron chi connectivity index (χ3n) is 2.55. The molecule has 1 aromatic heterocycles. The van der Waals surface area contributed by atoms with Crippen LogP contribution in [0.5, 0.6) is 0 Å². The third kappa shape index (κ3) is 2.87. The van der Waals surface area contributed by atoms with Gasteiger partial charge in [-0.15, -0.1) is 0 Å². The summed E-state index contributed by atoms with van der Waals surface area (Å²) < 4.78 is 18.7. The van der Waals surface area contributed by atoms with Crippen LogP contribution in [0.1, 0.15) is 18.6 Å². The maximum Gasteiger partial charge on any atom is 0.327 e. The fraction of sp³-hybridized carbons (Fsp3) is 0.250. The van der Waals surface area contributed by atoms with Crippen LogP contribution in [0.2, 0.25) is 0 Å². The van der Waals surface area contributed by atoms with Crippen molar-refractivity contribution in [3.8, 4) is 0 Å². The second kappa shape index (κ2) is 5.47. The number of aryl methyl sites for hydroxylation is 1. The van der Waals surface area contributed by atoms with Crippen LogP contribution in [0.15, 0.2) is 28.8 Å². The number of hydrogen-bond acceptors (Lipinski definition) is 5. The number of aromatic nitrogens is 1. The lowest BCUT2D eigenvalue weighted by Gasteiger charge is -2.05. The third-order valence-corrected chi connectivity index (χ3v) is 2.55. The number of rotatable bonds is 5. The molecule has 0 atom stereocenters. The number of nitrogens with zero attached hydrogens (tertiary/aromatic N) is 2. The fourth-order valence-corrected chi connectivity index (χ4v) is 1.61. The Morgan fingerprint density at radius 1 is 1.53 bits per heavy atom. The molecule has 0 bridgehead atoms. The highest BCUT2D eigenvalue weighted by molar-refractivity contribution is 5.61. The minimum atomic E-state index is -0.878. The van der Waals surface area contributed by atoms with Crippen molar-refractivity contribution in [2.75, 3.05) is 5.32 Å². The van der Waals surface area contributed by atoms with Gasteiger partial charge in [0.1, 0.15) is 11.4 Å². The average molecular weight is 265 g/mol. The van der Waals surface area contributed by atoms with Gasteiger partial charge in [-0.1, -0.05) is 13.0 Å². The second-order valence-electron chi connectivity index (χ2n) is 3.82. The summed E-state index contributed by atoms with van der Waals surface area (Å²) in [4.78, 5) is 14.0. The van der Waals surface area contributed by atoms with E-state index in [4.69, 9.17) is 4.42 Å². The molecule has 2 rings (SSSR count). The first-order valence-electron chi connectivity index (χ1n) is 5.72. The Labute approximate surface area is 108 Å². The van der Waals surface area contributed by atoms with Crippen LogP contribution in [0, 0.1) is 15.9 Å². The summed E-state index contributed by atoms with van der Waals surface area (Å²) in [7, 11) is 0. The van der Waals surface area contributed by atoms with Crippen molar-refractivity contribution in [1.29, 1.82) is 0 Å². The number of halogens is 1. The predicted octanol–water partition coefficient (Wildman–Crippen LogP) is 2.90. The van der Waals surface area contributed by atoms with Gasteiger partial charge >= 0.3 is 5.69 Å². The van der Waals surface area contributed by atoms with Crippen molar-refractivity contribution < 1.29 is 13.7 Å². The molecule has 2 aromatic rings. The number of oxazole rings is 1. The van der Waals surface area contributed by atoms with E-state index in [0.717, 1.165) is 11.8 Å². The van der Waals surface area contributed by atoms with Gasteiger partial charge in [0.25, 0.3) is 0 Å². The van der Waals surface area contributed by atoms with Gasteiger partial charge in [0.05, 0.1) is 17.7 Å². The van der Waals surface area contributed by atoms with Crippen LogP contribution in [0.4, 0.5) is 15.8 Å². The number of anilines is 1. The van der Waals surface area contributed by atoms with E-state index >= 15 is 0 Å². The van der Waals surface area contributed by atoms with E-state index in [0.29, 0.717) is 12.3 Å². The van der Waals surface area contributed by atoms with Crippen LogP contribution in [-0.2, 0) is 13.0 Å². The zero-order valence-corrected chi connectivity index (χ0v) is 10.2. The molecule has 0 aliphatic heterocycles. The molecule has 0 amide bonds. The summed E-state index contributed by atoms with van der Waals surface area (Å²) in [6.45, 7) is 2.08. The lowest BCUT2D eigenvalue weighted by atomic mass is 10.2. The lowest BCUT2D eigenvalue weighted by molar-refractivity contribution is -0.386. The van der Waals surface area contributed by atoms with Crippen LogP contribution in [-0.4, -0.2) is 9.91 Å². The van der Waals surface area contributed by atoms with Gasteiger partial charge in [0.2, 0.25) is 11.7 Å². The minimum Gasteiger partial charge on any atom is -0.444 e. The molecule has 7 heteroatoms. The lowest BCUT2D eigenvalue weighted by Crippen LogP contribution is -2.04. The Morgan fingerprint density at radius 2 is 2.32 bits per heavy atom. The van der Waals surface area contributed by atoms with E-state index in [2.05, 4.69) is 10.3 Å². The molecule has 100 valence electrons. The Bertz CT molecular complexity index is 598. The highest BCUT2D eigenvalue weighted by Crippen LogP contribution is 2.27. The first kappa shape index (κ1) is 13.0. The first-order chi connectivity index (χ1) is 9.11. The number of benzene rings is 1. The molecule has 0 saturated carbocycles. The summed E-state index contributed by atoms with van der Waals surface area (Å²) in [5.74, 6) is 0.248. The van der Waals surface area contributed by atoms with Crippen molar-refractivity contribution in [3.63, 3.8) is 0 Å². The molecule has 1 aromatic carbocycles. The van der Waals surface area contributed by atoms with E-state index in [1.165, 1.54) is 12.1 Å². The summed E-state index contributed by atoms with van der Waals surface area (Å²) in [6, 6.07) is 3.88. The number of hydrogen-bond donors (Lipinski definition) is 1. The van der Waals surface area contributed by atoms with E-state index in [1.807, 2.05) is 6.92 Å². The molecule has 19 heavy (non-hydrogen) atoms. The number of nitro benzene ring substituents is 1. The van der Waals surface area contributed by atoms with Gasteiger partial charge in [-0.05, 0) is 12.1 Å². The predicted molar refractivity (Wildman–Crippen MR) is 66.3 cm³/mol. The smallest absolute Gasteiger partial charge is 0.327 e. The minimum absolute atomic E-state index is 0.0984. The highest BCUT2D eigenvalue weighted by atomic mass is 19.1. The summed E-state index contributed by atoms with van der Waals surface area (Å²) in [6.07, 6.45) is 2.31. The van der Waals surface area contributed by atoms with Gasteiger partial charge in [0.15, 0.2) is 0 Å². The monoisotopic (exact) mass is 265 g/mol. The summed E-state index contributed by atoms with van der Waals surface area (Å²) in [5, 5.41) is 13.5. The van der Waals surface area contributed by atoms with Gasteiger partial charge in [-0.3, -0.25) is 10.1 Å². The number of nitro groups is 1. The van der Waals surface area contributed by atoms with Gasteiger partial charge in [-0.2, -0.15) is 4.39 Å². The zero-order valence-electron chi connectivity index (χ0n) is 10.2. The molecular weight excluding hydrogens is 253 g/mol. The standard InChI is InChI=1S/C12H12FN3O3/c1-2-8-6-15-11(19-8)7-14-10-5-3-4-9(13)12(10)16(17)18/h3-6,14H,2,7H2,1H3. The van der Waals surface area contributed by atoms with Gasteiger partial charge in [0, 0.05) is 6.42 Å². The van der Waals surface area contributed by atoms with Crippen molar-refractivity contribution >= 4 is 11.4 Å². The maximum atomic E-state index is 13.4. The Morgan fingerprint density at radius 3 is 2.95 bits per heavy atom. The highest BCUT2D eigenvalue weighted by Gasteiger charge is 2.19. The van der Waals surface area contributed by atoms with E-state index < -0.39 is 16.4 Å². The van der Waals surface area contributed by atoms with Gasteiger partial charge in [-0.25, -0.2) is 4.98 Å². The average Bonchev–Trinajstić information content (AvgIpc) is 2.83. The van der Waals surface area contributed by atoms with Crippen molar-refractivity contribution in [1.82, 2.24) is 4.98 Å². The normalized spacial score (nSPS) is 10.4. The van der Waals surface area contributed by atoms with Crippen LogP contribution >= 0.6 is 0 Å². The van der Waals surface area contributed by atoms with Crippen molar-refractivity contribution in [2.24, 2.45) is 0 Å². The molecule has 0 aliphatic carbocycles. The molecule has 1 N–H and O–H groups in total. The van der Waals surface area contributed by atoms with Gasteiger partial charge < -0.3 is 9.73 Å². The Hall–Kier alpha value is -2.44. The molecule has 0 saturated heterocycles. The number of nitrogens with one attached hydrogen (secondary N) is 1. The Kier molecular flexibility index (Phi) is 3.74. The van der Waals surface area contributed by atoms with Crippen molar-refractivity contribution in [3.05, 3.63) is 52.0 Å². The molecule has 0 spiro atoms. The fourth-order valence-electron chi connectivity index (χ4n) is 1.61. The molecule has 0 radical (unpaired) electrons. The molecule has 6 nitrogen and oxygen atoms in total. The molecule has 0 fully saturated rings. The quantitative estimate of drug-likeness (QED) is 0.664. The molecule has 1 heterocycles. The van der Waals surface area contributed by atoms with Crippen LogP contribution < -0.4 is 5.32 Å². The Balaban J connectivity index is 2.15.